The fourth-order valence-corrected chi connectivity index (χ4v) is 4.69. The molecule has 2 aromatic carbocycles. The van der Waals surface area contributed by atoms with Gasteiger partial charge < -0.3 is 19.5 Å². The van der Waals surface area contributed by atoms with Gasteiger partial charge in [0.05, 0.1) is 31.9 Å². The van der Waals surface area contributed by atoms with E-state index in [1.807, 2.05) is 56.3 Å². The Bertz CT molecular complexity index is 1100. The largest absolute Gasteiger partial charge is 0.507 e. The fraction of sp³-hybridized carbons (Fsp3) is 0.407. The van der Waals surface area contributed by atoms with Crippen molar-refractivity contribution in [2.75, 3.05) is 46.5 Å². The van der Waals surface area contributed by atoms with Crippen LogP contribution < -0.4 is 4.74 Å². The first-order chi connectivity index (χ1) is 16.4. The van der Waals surface area contributed by atoms with Gasteiger partial charge in [0.15, 0.2) is 0 Å². The maximum absolute atomic E-state index is 13.3. The highest BCUT2D eigenvalue weighted by Gasteiger charge is 2.46. The number of aliphatic hydroxyl groups is 1. The van der Waals surface area contributed by atoms with Crippen molar-refractivity contribution in [1.29, 1.82) is 0 Å². The van der Waals surface area contributed by atoms with Crippen LogP contribution in [0.1, 0.15) is 34.7 Å². The predicted octanol–water partition coefficient (Wildman–Crippen LogP) is 3.46. The molecule has 2 aromatic rings. The van der Waals surface area contributed by atoms with Crippen molar-refractivity contribution < 1.29 is 24.2 Å². The number of nitrogens with zero attached hydrogens (tertiary/aromatic N) is 2. The van der Waals surface area contributed by atoms with Crippen molar-refractivity contribution in [1.82, 2.24) is 9.80 Å². The Labute approximate surface area is 200 Å². The molecule has 7 nitrogen and oxygen atoms in total. The maximum Gasteiger partial charge on any atom is 0.295 e. The average molecular weight is 465 g/mol. The van der Waals surface area contributed by atoms with E-state index >= 15 is 0 Å². The van der Waals surface area contributed by atoms with E-state index < -0.39 is 17.7 Å². The molecule has 2 fully saturated rings. The standard InChI is InChI=1S/C27H32N2O5/c1-18-8-9-19(2)22(16-18)25(30)23-24(20-6-4-7-21(17-20)33-3)29(27(32)26(23)31)11-5-10-28-12-14-34-15-13-28/h4,6-9,16-17,24,30H,5,10-15H2,1-3H3/b25-23+. The zero-order valence-electron chi connectivity index (χ0n) is 20.0. The zero-order chi connectivity index (χ0) is 24.2. The van der Waals surface area contributed by atoms with Crippen molar-refractivity contribution in [3.8, 4) is 5.75 Å². The Kier molecular flexibility index (Phi) is 7.34. The highest BCUT2D eigenvalue weighted by atomic mass is 16.5. The number of carbonyl (C=O) groups excluding carboxylic acids is 2. The van der Waals surface area contributed by atoms with Gasteiger partial charge in [-0.25, -0.2) is 0 Å². The Balaban J connectivity index is 1.72. The van der Waals surface area contributed by atoms with E-state index in [2.05, 4.69) is 4.90 Å². The van der Waals surface area contributed by atoms with Crippen LogP contribution in [0.2, 0.25) is 0 Å². The molecule has 4 rings (SSSR count). The van der Waals surface area contributed by atoms with Gasteiger partial charge in [-0.2, -0.15) is 0 Å². The van der Waals surface area contributed by atoms with Crippen molar-refractivity contribution in [2.45, 2.75) is 26.3 Å². The summed E-state index contributed by atoms with van der Waals surface area (Å²) in [5.41, 5.74) is 3.23. The van der Waals surface area contributed by atoms with Crippen molar-refractivity contribution >= 4 is 17.4 Å². The summed E-state index contributed by atoms with van der Waals surface area (Å²) < 4.78 is 10.8. The molecule has 0 bridgehead atoms. The van der Waals surface area contributed by atoms with Gasteiger partial charge in [0.1, 0.15) is 11.5 Å². The molecular formula is C27H32N2O5. The van der Waals surface area contributed by atoms with Crippen LogP contribution in [0.15, 0.2) is 48.0 Å². The number of ketones is 1. The first kappa shape index (κ1) is 24.0. The summed E-state index contributed by atoms with van der Waals surface area (Å²) >= 11 is 0. The number of likely N-dealkylation sites (tertiary alicyclic amines) is 1. The molecule has 0 aromatic heterocycles. The normalized spacial score (nSPS) is 20.7. The molecule has 1 N–H and O–H groups in total. The molecule has 2 aliphatic rings. The van der Waals surface area contributed by atoms with Crippen LogP contribution in [0.5, 0.6) is 5.75 Å². The third-order valence-electron chi connectivity index (χ3n) is 6.57. The van der Waals surface area contributed by atoms with Gasteiger partial charge in [0.25, 0.3) is 11.7 Å². The Morgan fingerprint density at radius 1 is 1.09 bits per heavy atom. The van der Waals surface area contributed by atoms with Gasteiger partial charge in [-0.3, -0.25) is 14.5 Å². The molecule has 1 amide bonds. The molecule has 1 unspecified atom stereocenters. The number of aryl methyl sites for hydroxylation is 2. The smallest absolute Gasteiger partial charge is 0.295 e. The van der Waals surface area contributed by atoms with Crippen LogP contribution in [0.4, 0.5) is 0 Å². The lowest BCUT2D eigenvalue weighted by molar-refractivity contribution is -0.140. The summed E-state index contributed by atoms with van der Waals surface area (Å²) in [6.07, 6.45) is 0.719. The zero-order valence-corrected chi connectivity index (χ0v) is 20.0. The van der Waals surface area contributed by atoms with E-state index in [9.17, 15) is 14.7 Å². The van der Waals surface area contributed by atoms with Crippen molar-refractivity contribution in [3.63, 3.8) is 0 Å². The first-order valence-corrected chi connectivity index (χ1v) is 11.7. The first-order valence-electron chi connectivity index (χ1n) is 11.7. The summed E-state index contributed by atoms with van der Waals surface area (Å²) in [5.74, 6) is -0.745. The van der Waals surface area contributed by atoms with Crippen molar-refractivity contribution in [2.24, 2.45) is 0 Å². The molecule has 0 aliphatic carbocycles. The monoisotopic (exact) mass is 464 g/mol. The number of morpholine rings is 1. The Morgan fingerprint density at radius 2 is 1.85 bits per heavy atom. The van der Waals surface area contributed by atoms with E-state index in [0.717, 1.165) is 42.7 Å². The SMILES string of the molecule is COc1cccc(C2/C(=C(\O)c3cc(C)ccc3C)C(=O)C(=O)N2CCCN2CCOCC2)c1. The van der Waals surface area contributed by atoms with E-state index in [1.54, 1.807) is 12.0 Å². The molecule has 34 heavy (non-hydrogen) atoms. The molecule has 2 saturated heterocycles. The summed E-state index contributed by atoms with van der Waals surface area (Å²) in [7, 11) is 1.58. The number of amides is 1. The number of benzene rings is 2. The highest BCUT2D eigenvalue weighted by molar-refractivity contribution is 6.46. The van der Waals surface area contributed by atoms with Gasteiger partial charge in [-0.05, 0) is 49.6 Å². The average Bonchev–Trinajstić information content (AvgIpc) is 3.11. The van der Waals surface area contributed by atoms with Crippen LogP contribution in [-0.4, -0.2) is 73.1 Å². The second-order valence-corrected chi connectivity index (χ2v) is 8.90. The van der Waals surface area contributed by atoms with E-state index in [4.69, 9.17) is 9.47 Å². The van der Waals surface area contributed by atoms with Crippen LogP contribution in [0.25, 0.3) is 5.76 Å². The number of Topliss-reactive ketones (excluding diaryl/α,β-unsaturated/α-hetero) is 1. The maximum atomic E-state index is 13.3. The number of ether oxygens (including phenoxy) is 2. The second kappa shape index (κ2) is 10.4. The summed E-state index contributed by atoms with van der Waals surface area (Å²) in [6.45, 7) is 8.19. The van der Waals surface area contributed by atoms with Crippen LogP contribution in [-0.2, 0) is 14.3 Å². The van der Waals surface area contributed by atoms with Gasteiger partial charge in [-0.1, -0.05) is 29.8 Å². The Morgan fingerprint density at radius 3 is 2.59 bits per heavy atom. The molecule has 1 atom stereocenters. The van der Waals surface area contributed by atoms with Crippen LogP contribution in [0.3, 0.4) is 0 Å². The van der Waals surface area contributed by atoms with Gasteiger partial charge in [0, 0.05) is 31.7 Å². The molecule has 180 valence electrons. The molecule has 2 aliphatic heterocycles. The molecule has 2 heterocycles. The van der Waals surface area contributed by atoms with Gasteiger partial charge in [0.2, 0.25) is 0 Å². The molecule has 0 saturated carbocycles. The van der Waals surface area contributed by atoms with Crippen molar-refractivity contribution in [3.05, 3.63) is 70.3 Å². The number of carbonyl (C=O) groups is 2. The Hall–Kier alpha value is -3.16. The second-order valence-electron chi connectivity index (χ2n) is 8.90. The molecular weight excluding hydrogens is 432 g/mol. The van der Waals surface area contributed by atoms with Gasteiger partial charge in [-0.15, -0.1) is 0 Å². The number of rotatable bonds is 7. The van der Waals surface area contributed by atoms with E-state index in [1.165, 1.54) is 0 Å². The summed E-state index contributed by atoms with van der Waals surface area (Å²) in [4.78, 5) is 30.3. The molecule has 0 spiro atoms. The van der Waals surface area contributed by atoms with Crippen LogP contribution in [0, 0.1) is 13.8 Å². The topological polar surface area (TPSA) is 79.3 Å². The minimum atomic E-state index is -0.681. The minimum Gasteiger partial charge on any atom is -0.507 e. The summed E-state index contributed by atoms with van der Waals surface area (Å²) in [6, 6.07) is 12.4. The number of hydrogen-bond donors (Lipinski definition) is 1. The lowest BCUT2D eigenvalue weighted by Gasteiger charge is -2.29. The van der Waals surface area contributed by atoms with Crippen LogP contribution >= 0.6 is 0 Å². The number of hydrogen-bond acceptors (Lipinski definition) is 6. The minimum absolute atomic E-state index is 0.123. The lowest BCUT2D eigenvalue weighted by atomic mass is 9.93. The van der Waals surface area contributed by atoms with E-state index in [-0.39, 0.29) is 11.3 Å². The third-order valence-corrected chi connectivity index (χ3v) is 6.57. The number of aliphatic hydroxyl groups excluding tert-OH is 1. The molecule has 7 heteroatoms. The highest BCUT2D eigenvalue weighted by Crippen LogP contribution is 2.40. The fourth-order valence-electron chi connectivity index (χ4n) is 4.69. The number of methoxy groups -OCH3 is 1. The lowest BCUT2D eigenvalue weighted by Crippen LogP contribution is -2.38. The quantitative estimate of drug-likeness (QED) is 0.384. The van der Waals surface area contributed by atoms with E-state index in [0.29, 0.717) is 31.1 Å². The summed E-state index contributed by atoms with van der Waals surface area (Å²) in [5, 5.41) is 11.3. The van der Waals surface area contributed by atoms with Gasteiger partial charge >= 0.3 is 0 Å². The predicted molar refractivity (Wildman–Crippen MR) is 130 cm³/mol. The third kappa shape index (κ3) is 4.86. The molecule has 0 radical (unpaired) electrons.